The van der Waals surface area contributed by atoms with E-state index in [1.54, 1.807) is 6.07 Å². The SMILES string of the molecule is CCC(NCc1ccccc1)c1ccccc1F. The summed E-state index contributed by atoms with van der Waals surface area (Å²) in [5.74, 6) is -0.134. The summed E-state index contributed by atoms with van der Waals surface area (Å²) in [6.45, 7) is 2.82. The third-order valence-electron chi connectivity index (χ3n) is 3.08. The van der Waals surface area contributed by atoms with Crippen molar-refractivity contribution < 1.29 is 4.39 Å². The van der Waals surface area contributed by atoms with Gasteiger partial charge in [0.1, 0.15) is 5.82 Å². The van der Waals surface area contributed by atoms with Crippen molar-refractivity contribution in [2.75, 3.05) is 0 Å². The Hall–Kier alpha value is -1.67. The van der Waals surface area contributed by atoms with Crippen LogP contribution in [0, 0.1) is 5.82 Å². The van der Waals surface area contributed by atoms with E-state index in [1.807, 2.05) is 30.3 Å². The molecule has 2 aromatic carbocycles. The third-order valence-corrected chi connectivity index (χ3v) is 3.08. The molecule has 0 aromatic heterocycles. The van der Waals surface area contributed by atoms with Crippen molar-refractivity contribution in [3.63, 3.8) is 0 Å². The van der Waals surface area contributed by atoms with Crippen LogP contribution in [0.15, 0.2) is 54.6 Å². The van der Waals surface area contributed by atoms with Gasteiger partial charge in [-0.15, -0.1) is 0 Å². The molecule has 0 fully saturated rings. The molecule has 2 aromatic rings. The molecule has 1 nitrogen and oxygen atoms in total. The first-order chi connectivity index (χ1) is 8.81. The fourth-order valence-corrected chi connectivity index (χ4v) is 2.07. The van der Waals surface area contributed by atoms with E-state index in [2.05, 4.69) is 24.4 Å². The molecule has 18 heavy (non-hydrogen) atoms. The van der Waals surface area contributed by atoms with Crippen molar-refractivity contribution >= 4 is 0 Å². The highest BCUT2D eigenvalue weighted by Crippen LogP contribution is 2.20. The molecular formula is C16H18FN. The lowest BCUT2D eigenvalue weighted by atomic mass is 10.0. The van der Waals surface area contributed by atoms with Gasteiger partial charge in [0.25, 0.3) is 0 Å². The lowest BCUT2D eigenvalue weighted by molar-refractivity contribution is 0.488. The van der Waals surface area contributed by atoms with Gasteiger partial charge in [-0.05, 0) is 18.1 Å². The highest BCUT2D eigenvalue weighted by Gasteiger charge is 2.12. The normalized spacial score (nSPS) is 12.3. The summed E-state index contributed by atoms with van der Waals surface area (Å²) in [7, 11) is 0. The van der Waals surface area contributed by atoms with Crippen molar-refractivity contribution in [1.29, 1.82) is 0 Å². The Bertz CT molecular complexity index is 481. The van der Waals surface area contributed by atoms with Gasteiger partial charge in [0.15, 0.2) is 0 Å². The zero-order valence-electron chi connectivity index (χ0n) is 10.6. The van der Waals surface area contributed by atoms with Crippen LogP contribution in [0.2, 0.25) is 0 Å². The van der Waals surface area contributed by atoms with Crippen molar-refractivity contribution in [2.45, 2.75) is 25.9 Å². The molecule has 0 radical (unpaired) electrons. The van der Waals surface area contributed by atoms with E-state index in [0.29, 0.717) is 0 Å². The number of rotatable bonds is 5. The highest BCUT2D eigenvalue weighted by atomic mass is 19.1. The first-order valence-electron chi connectivity index (χ1n) is 6.33. The second-order valence-corrected chi connectivity index (χ2v) is 4.35. The third kappa shape index (κ3) is 3.17. The first-order valence-corrected chi connectivity index (χ1v) is 6.33. The maximum Gasteiger partial charge on any atom is 0.127 e. The Kier molecular flexibility index (Phi) is 4.48. The fraction of sp³-hybridized carbons (Fsp3) is 0.250. The molecule has 1 unspecified atom stereocenters. The van der Waals surface area contributed by atoms with Crippen LogP contribution in [0.25, 0.3) is 0 Å². The zero-order chi connectivity index (χ0) is 12.8. The van der Waals surface area contributed by atoms with Crippen molar-refractivity contribution in [3.8, 4) is 0 Å². The molecule has 1 atom stereocenters. The molecule has 0 aliphatic rings. The summed E-state index contributed by atoms with van der Waals surface area (Å²) in [6.07, 6.45) is 0.869. The summed E-state index contributed by atoms with van der Waals surface area (Å²) in [5, 5.41) is 3.40. The van der Waals surface area contributed by atoms with Crippen LogP contribution in [0.4, 0.5) is 4.39 Å². The maximum atomic E-state index is 13.7. The molecule has 94 valence electrons. The molecule has 0 heterocycles. The summed E-state index contributed by atoms with van der Waals surface area (Å²) < 4.78 is 13.7. The van der Waals surface area contributed by atoms with Crippen molar-refractivity contribution in [2.24, 2.45) is 0 Å². The van der Waals surface area contributed by atoms with Gasteiger partial charge in [-0.25, -0.2) is 4.39 Å². The summed E-state index contributed by atoms with van der Waals surface area (Å²) in [5.41, 5.74) is 1.96. The molecule has 0 spiro atoms. The minimum Gasteiger partial charge on any atom is -0.306 e. The standard InChI is InChI=1S/C16H18FN/c1-2-16(14-10-6-7-11-15(14)17)18-12-13-8-4-3-5-9-13/h3-11,16,18H,2,12H2,1H3. The van der Waals surface area contributed by atoms with Crippen LogP contribution in [0.3, 0.4) is 0 Å². The first kappa shape index (κ1) is 12.8. The van der Waals surface area contributed by atoms with Gasteiger partial charge >= 0.3 is 0 Å². The smallest absolute Gasteiger partial charge is 0.127 e. The fourth-order valence-electron chi connectivity index (χ4n) is 2.07. The molecule has 0 saturated heterocycles. The topological polar surface area (TPSA) is 12.0 Å². The molecule has 0 saturated carbocycles. The van der Waals surface area contributed by atoms with E-state index in [0.717, 1.165) is 18.5 Å². The van der Waals surface area contributed by atoms with Gasteiger partial charge in [0, 0.05) is 18.2 Å². The maximum absolute atomic E-state index is 13.7. The quantitative estimate of drug-likeness (QED) is 0.834. The van der Waals surface area contributed by atoms with E-state index >= 15 is 0 Å². The van der Waals surface area contributed by atoms with Gasteiger partial charge in [-0.1, -0.05) is 55.5 Å². The predicted molar refractivity (Wildman–Crippen MR) is 72.7 cm³/mol. The average molecular weight is 243 g/mol. The van der Waals surface area contributed by atoms with Gasteiger partial charge < -0.3 is 5.32 Å². The van der Waals surface area contributed by atoms with Gasteiger partial charge in [-0.2, -0.15) is 0 Å². The average Bonchev–Trinajstić information content (AvgIpc) is 2.42. The molecule has 2 rings (SSSR count). The van der Waals surface area contributed by atoms with Crippen LogP contribution < -0.4 is 5.32 Å². The summed E-state index contributed by atoms with van der Waals surface area (Å²) >= 11 is 0. The minimum atomic E-state index is -0.134. The highest BCUT2D eigenvalue weighted by molar-refractivity contribution is 5.22. The number of halogens is 1. The van der Waals surface area contributed by atoms with Crippen LogP contribution in [0.5, 0.6) is 0 Å². The molecule has 0 amide bonds. The van der Waals surface area contributed by atoms with Crippen molar-refractivity contribution in [1.82, 2.24) is 5.32 Å². The van der Waals surface area contributed by atoms with E-state index < -0.39 is 0 Å². The second-order valence-electron chi connectivity index (χ2n) is 4.35. The predicted octanol–water partition coefficient (Wildman–Crippen LogP) is 4.07. The van der Waals surface area contributed by atoms with E-state index in [-0.39, 0.29) is 11.9 Å². The van der Waals surface area contributed by atoms with Gasteiger partial charge in [0.2, 0.25) is 0 Å². The second kappa shape index (κ2) is 6.31. The van der Waals surface area contributed by atoms with E-state index in [1.165, 1.54) is 11.6 Å². The van der Waals surface area contributed by atoms with Crippen LogP contribution >= 0.6 is 0 Å². The lowest BCUT2D eigenvalue weighted by Crippen LogP contribution is -2.21. The number of benzene rings is 2. The molecule has 0 aliphatic heterocycles. The lowest BCUT2D eigenvalue weighted by Gasteiger charge is -2.18. The Morgan fingerprint density at radius 1 is 1.00 bits per heavy atom. The Morgan fingerprint density at radius 2 is 1.67 bits per heavy atom. The van der Waals surface area contributed by atoms with Crippen molar-refractivity contribution in [3.05, 3.63) is 71.5 Å². The zero-order valence-corrected chi connectivity index (χ0v) is 10.6. The molecule has 0 aliphatic carbocycles. The van der Waals surface area contributed by atoms with Gasteiger partial charge in [0.05, 0.1) is 0 Å². The summed E-state index contributed by atoms with van der Waals surface area (Å²) in [4.78, 5) is 0. The van der Waals surface area contributed by atoms with Crippen LogP contribution in [-0.4, -0.2) is 0 Å². The Labute approximate surface area is 108 Å². The molecule has 1 N–H and O–H groups in total. The van der Waals surface area contributed by atoms with E-state index in [9.17, 15) is 4.39 Å². The largest absolute Gasteiger partial charge is 0.306 e. The monoisotopic (exact) mass is 243 g/mol. The van der Waals surface area contributed by atoms with Crippen LogP contribution in [0.1, 0.15) is 30.5 Å². The summed E-state index contributed by atoms with van der Waals surface area (Å²) in [6, 6.07) is 17.2. The Morgan fingerprint density at radius 3 is 2.33 bits per heavy atom. The Balaban J connectivity index is 2.04. The van der Waals surface area contributed by atoms with E-state index in [4.69, 9.17) is 0 Å². The van der Waals surface area contributed by atoms with Crippen LogP contribution in [-0.2, 0) is 6.54 Å². The molecular weight excluding hydrogens is 225 g/mol. The number of nitrogens with one attached hydrogen (secondary N) is 1. The van der Waals surface area contributed by atoms with Gasteiger partial charge in [-0.3, -0.25) is 0 Å². The minimum absolute atomic E-state index is 0.0615. The number of hydrogen-bond acceptors (Lipinski definition) is 1. The molecule has 0 bridgehead atoms. The number of hydrogen-bond donors (Lipinski definition) is 1. The molecule has 2 heteroatoms.